The molecule has 1 nitrogen and oxygen atoms in total. The third-order valence-corrected chi connectivity index (χ3v) is 3.93. The number of aliphatic hydroxyl groups excluding tert-OH is 1. The fourth-order valence-corrected chi connectivity index (χ4v) is 3.02. The Morgan fingerprint density at radius 3 is 2.00 bits per heavy atom. The topological polar surface area (TPSA) is 20.2 Å². The highest BCUT2D eigenvalue weighted by molar-refractivity contribution is 4.87. The van der Waals surface area contributed by atoms with Crippen molar-refractivity contribution >= 4 is 0 Å². The van der Waals surface area contributed by atoms with Gasteiger partial charge in [-0.25, -0.2) is 0 Å². The Hall–Kier alpha value is -0.0400. The molecular formula is C11H20O. The molecule has 12 heavy (non-hydrogen) atoms. The summed E-state index contributed by atoms with van der Waals surface area (Å²) in [5, 5.41) is 9.42. The van der Waals surface area contributed by atoms with Crippen LogP contribution >= 0.6 is 0 Å². The summed E-state index contributed by atoms with van der Waals surface area (Å²) in [6.45, 7) is 0. The van der Waals surface area contributed by atoms with Crippen LogP contribution in [0.4, 0.5) is 0 Å². The van der Waals surface area contributed by atoms with Crippen molar-refractivity contribution in [1.29, 1.82) is 0 Å². The lowest BCUT2D eigenvalue weighted by Gasteiger charge is -2.41. The molecule has 1 heteroatoms. The van der Waals surface area contributed by atoms with Gasteiger partial charge in [-0.1, -0.05) is 19.3 Å². The van der Waals surface area contributed by atoms with E-state index in [4.69, 9.17) is 0 Å². The highest BCUT2D eigenvalue weighted by Gasteiger charge is 2.35. The van der Waals surface area contributed by atoms with Gasteiger partial charge >= 0.3 is 0 Å². The fourth-order valence-electron chi connectivity index (χ4n) is 3.02. The zero-order chi connectivity index (χ0) is 8.44. The van der Waals surface area contributed by atoms with Gasteiger partial charge in [-0.05, 0) is 43.9 Å². The van der Waals surface area contributed by atoms with Crippen molar-refractivity contribution in [2.75, 3.05) is 0 Å². The molecule has 1 N–H and O–H groups in total. The normalized spacial score (nSPS) is 30.8. The van der Waals surface area contributed by atoms with Crippen LogP contribution in [0.15, 0.2) is 0 Å². The highest BCUT2D eigenvalue weighted by atomic mass is 16.3. The SMILES string of the molecule is OC1CCC2(CCCCC2)CC1. The van der Waals surface area contributed by atoms with E-state index in [2.05, 4.69) is 0 Å². The van der Waals surface area contributed by atoms with E-state index in [1.165, 1.54) is 44.9 Å². The Kier molecular flexibility index (Phi) is 2.40. The smallest absolute Gasteiger partial charge is 0.0540 e. The summed E-state index contributed by atoms with van der Waals surface area (Å²) in [6, 6.07) is 0. The Morgan fingerprint density at radius 2 is 1.42 bits per heavy atom. The third kappa shape index (κ3) is 1.66. The third-order valence-electron chi connectivity index (χ3n) is 3.93. The van der Waals surface area contributed by atoms with Crippen molar-refractivity contribution in [3.63, 3.8) is 0 Å². The van der Waals surface area contributed by atoms with E-state index in [0.717, 1.165) is 12.8 Å². The summed E-state index contributed by atoms with van der Waals surface area (Å²) >= 11 is 0. The maximum absolute atomic E-state index is 9.42. The molecule has 0 heterocycles. The second kappa shape index (κ2) is 3.37. The zero-order valence-corrected chi connectivity index (χ0v) is 7.89. The summed E-state index contributed by atoms with van der Waals surface area (Å²) in [7, 11) is 0. The van der Waals surface area contributed by atoms with Crippen molar-refractivity contribution in [2.45, 2.75) is 63.9 Å². The summed E-state index contributed by atoms with van der Waals surface area (Å²) in [6.07, 6.45) is 12.0. The number of rotatable bonds is 0. The van der Waals surface area contributed by atoms with E-state index >= 15 is 0 Å². The fraction of sp³-hybridized carbons (Fsp3) is 1.00. The Balaban J connectivity index is 1.92. The standard InChI is InChI=1S/C11H20O/c12-10-4-8-11(9-5-10)6-2-1-3-7-11/h10,12H,1-9H2. The molecule has 0 aromatic rings. The monoisotopic (exact) mass is 168 g/mol. The largest absolute Gasteiger partial charge is 0.393 e. The lowest BCUT2D eigenvalue weighted by atomic mass is 9.65. The van der Waals surface area contributed by atoms with Crippen LogP contribution in [0.1, 0.15) is 57.8 Å². The highest BCUT2D eigenvalue weighted by Crippen LogP contribution is 2.47. The van der Waals surface area contributed by atoms with E-state index in [1.54, 1.807) is 0 Å². The molecule has 2 rings (SSSR count). The predicted molar refractivity (Wildman–Crippen MR) is 50.0 cm³/mol. The summed E-state index contributed by atoms with van der Waals surface area (Å²) < 4.78 is 0. The van der Waals surface area contributed by atoms with Crippen molar-refractivity contribution in [3.05, 3.63) is 0 Å². The number of aliphatic hydroxyl groups is 1. The molecule has 2 aliphatic rings. The van der Waals surface area contributed by atoms with Crippen molar-refractivity contribution in [2.24, 2.45) is 5.41 Å². The lowest BCUT2D eigenvalue weighted by molar-refractivity contribution is 0.0397. The average Bonchev–Trinajstić information content (AvgIpc) is 2.13. The van der Waals surface area contributed by atoms with E-state index in [-0.39, 0.29) is 6.10 Å². The molecule has 0 amide bonds. The Morgan fingerprint density at radius 1 is 0.833 bits per heavy atom. The average molecular weight is 168 g/mol. The molecular weight excluding hydrogens is 148 g/mol. The van der Waals surface area contributed by atoms with Gasteiger partial charge in [0.2, 0.25) is 0 Å². The minimum atomic E-state index is 0.0255. The minimum Gasteiger partial charge on any atom is -0.393 e. The van der Waals surface area contributed by atoms with Crippen LogP contribution in [0.3, 0.4) is 0 Å². The maximum atomic E-state index is 9.42. The summed E-state index contributed by atoms with van der Waals surface area (Å²) in [4.78, 5) is 0. The molecule has 0 bridgehead atoms. The molecule has 70 valence electrons. The number of hydrogen-bond donors (Lipinski definition) is 1. The van der Waals surface area contributed by atoms with Gasteiger partial charge in [0.1, 0.15) is 0 Å². The second-order valence-corrected chi connectivity index (χ2v) is 4.79. The van der Waals surface area contributed by atoms with E-state index < -0.39 is 0 Å². The predicted octanol–water partition coefficient (Wildman–Crippen LogP) is 2.87. The molecule has 0 unspecified atom stereocenters. The Labute approximate surface area is 75.2 Å². The van der Waals surface area contributed by atoms with Crippen molar-refractivity contribution < 1.29 is 5.11 Å². The van der Waals surface area contributed by atoms with Crippen LogP contribution in [-0.2, 0) is 0 Å². The first kappa shape index (κ1) is 8.55. The van der Waals surface area contributed by atoms with Crippen molar-refractivity contribution in [1.82, 2.24) is 0 Å². The first-order valence-electron chi connectivity index (χ1n) is 5.49. The van der Waals surface area contributed by atoms with Crippen LogP contribution < -0.4 is 0 Å². The van der Waals surface area contributed by atoms with E-state index in [9.17, 15) is 5.11 Å². The molecule has 1 spiro atoms. The molecule has 0 radical (unpaired) electrons. The molecule has 0 aromatic carbocycles. The molecule has 0 saturated heterocycles. The van der Waals surface area contributed by atoms with Gasteiger partial charge < -0.3 is 5.11 Å². The van der Waals surface area contributed by atoms with Crippen LogP contribution in [0.25, 0.3) is 0 Å². The quantitative estimate of drug-likeness (QED) is 0.589. The van der Waals surface area contributed by atoms with Gasteiger partial charge in [-0.2, -0.15) is 0 Å². The van der Waals surface area contributed by atoms with Gasteiger partial charge in [0.05, 0.1) is 6.10 Å². The molecule has 2 aliphatic carbocycles. The van der Waals surface area contributed by atoms with Gasteiger partial charge in [-0.15, -0.1) is 0 Å². The van der Waals surface area contributed by atoms with Crippen LogP contribution in [-0.4, -0.2) is 11.2 Å². The Bertz CT molecular complexity index is 137. The molecule has 0 atom stereocenters. The van der Waals surface area contributed by atoms with Crippen LogP contribution in [0.5, 0.6) is 0 Å². The number of hydrogen-bond acceptors (Lipinski definition) is 1. The maximum Gasteiger partial charge on any atom is 0.0540 e. The zero-order valence-electron chi connectivity index (χ0n) is 7.89. The van der Waals surface area contributed by atoms with Crippen molar-refractivity contribution in [3.8, 4) is 0 Å². The minimum absolute atomic E-state index is 0.0255. The van der Waals surface area contributed by atoms with E-state index in [0.29, 0.717) is 5.41 Å². The molecule has 0 aliphatic heterocycles. The summed E-state index contributed by atoms with van der Waals surface area (Å²) in [5.41, 5.74) is 0.678. The van der Waals surface area contributed by atoms with Gasteiger partial charge in [-0.3, -0.25) is 0 Å². The van der Waals surface area contributed by atoms with E-state index in [1.807, 2.05) is 0 Å². The molecule has 2 fully saturated rings. The molecule has 2 saturated carbocycles. The van der Waals surface area contributed by atoms with Crippen LogP contribution in [0, 0.1) is 5.41 Å². The summed E-state index contributed by atoms with van der Waals surface area (Å²) in [5.74, 6) is 0. The van der Waals surface area contributed by atoms with Crippen LogP contribution in [0.2, 0.25) is 0 Å². The lowest BCUT2D eigenvalue weighted by Crippen LogP contribution is -2.31. The first-order chi connectivity index (χ1) is 5.81. The molecule has 0 aromatic heterocycles. The van der Waals surface area contributed by atoms with Gasteiger partial charge in [0, 0.05) is 0 Å². The van der Waals surface area contributed by atoms with Gasteiger partial charge in [0.15, 0.2) is 0 Å². The first-order valence-corrected chi connectivity index (χ1v) is 5.49. The second-order valence-electron chi connectivity index (χ2n) is 4.79. The van der Waals surface area contributed by atoms with Gasteiger partial charge in [0.25, 0.3) is 0 Å².